The fourth-order valence-electron chi connectivity index (χ4n) is 2.20. The zero-order valence-electron chi connectivity index (χ0n) is 13.7. The number of hydrogen-bond acceptors (Lipinski definition) is 5. The van der Waals surface area contributed by atoms with Gasteiger partial charge in [-0.3, -0.25) is 4.79 Å². The number of nitrogens with zero attached hydrogens (tertiary/aromatic N) is 2. The Morgan fingerprint density at radius 2 is 2.09 bits per heavy atom. The van der Waals surface area contributed by atoms with Crippen molar-refractivity contribution in [3.05, 3.63) is 41.6 Å². The Balaban J connectivity index is 2.25. The fourth-order valence-corrected chi connectivity index (χ4v) is 2.20. The largest absolute Gasteiger partial charge is 0.486 e. The summed E-state index contributed by atoms with van der Waals surface area (Å²) < 4.78 is 11.2. The number of rotatable bonds is 6. The maximum atomic E-state index is 11.8. The smallest absolute Gasteiger partial charge is 0.181 e. The number of ether oxygens (including phenoxy) is 1. The summed E-state index contributed by atoms with van der Waals surface area (Å²) in [6, 6.07) is 5.56. The molecule has 0 N–H and O–H groups in total. The summed E-state index contributed by atoms with van der Waals surface area (Å²) in [6.45, 7) is 5.89. The van der Waals surface area contributed by atoms with E-state index in [1.165, 1.54) is 13.3 Å². The van der Waals surface area contributed by atoms with Crippen LogP contribution in [0.25, 0.3) is 0 Å². The molecule has 0 amide bonds. The quantitative estimate of drug-likeness (QED) is 0.762. The summed E-state index contributed by atoms with van der Waals surface area (Å²) in [4.78, 5) is 17.9. The second-order valence-corrected chi connectivity index (χ2v) is 5.74. The number of benzene rings is 1. The van der Waals surface area contributed by atoms with Crippen molar-refractivity contribution in [3.63, 3.8) is 0 Å². The van der Waals surface area contributed by atoms with Crippen molar-refractivity contribution >= 4 is 11.5 Å². The topological polar surface area (TPSA) is 55.6 Å². The van der Waals surface area contributed by atoms with Gasteiger partial charge in [0.05, 0.1) is 5.56 Å². The van der Waals surface area contributed by atoms with Crippen LogP contribution < -0.4 is 9.64 Å². The second-order valence-electron chi connectivity index (χ2n) is 5.74. The van der Waals surface area contributed by atoms with Crippen molar-refractivity contribution in [1.82, 2.24) is 4.98 Å². The third kappa shape index (κ3) is 3.47. The van der Waals surface area contributed by atoms with Crippen LogP contribution in [0.15, 0.2) is 29.0 Å². The summed E-state index contributed by atoms with van der Waals surface area (Å²) in [5, 5.41) is 0. The van der Waals surface area contributed by atoms with Gasteiger partial charge in [-0.05, 0) is 19.1 Å². The van der Waals surface area contributed by atoms with Gasteiger partial charge in [0.25, 0.3) is 0 Å². The van der Waals surface area contributed by atoms with Crippen LogP contribution in [0.4, 0.5) is 5.69 Å². The molecule has 0 aliphatic carbocycles. The van der Waals surface area contributed by atoms with Crippen LogP contribution in [0.3, 0.4) is 0 Å². The van der Waals surface area contributed by atoms with Gasteiger partial charge in [0.15, 0.2) is 12.2 Å². The van der Waals surface area contributed by atoms with Crippen molar-refractivity contribution in [2.75, 3.05) is 19.0 Å². The predicted octanol–water partition coefficient (Wildman–Crippen LogP) is 3.65. The van der Waals surface area contributed by atoms with Crippen molar-refractivity contribution in [3.8, 4) is 5.75 Å². The Labute approximate surface area is 130 Å². The van der Waals surface area contributed by atoms with Crippen LogP contribution in [0, 0.1) is 0 Å². The number of carbonyl (C=O) groups excluding carboxylic acids is 1. The van der Waals surface area contributed by atoms with Gasteiger partial charge in [-0.2, -0.15) is 0 Å². The van der Waals surface area contributed by atoms with E-state index in [0.717, 1.165) is 17.1 Å². The van der Waals surface area contributed by atoms with Crippen LogP contribution in [0.1, 0.15) is 48.5 Å². The molecule has 118 valence electrons. The van der Waals surface area contributed by atoms with E-state index in [4.69, 9.17) is 9.15 Å². The lowest BCUT2D eigenvalue weighted by atomic mass is 10.1. The van der Waals surface area contributed by atoms with Gasteiger partial charge in [-0.15, -0.1) is 0 Å². The van der Waals surface area contributed by atoms with Crippen LogP contribution in [-0.2, 0) is 6.61 Å². The van der Waals surface area contributed by atoms with E-state index in [1.807, 2.05) is 45.0 Å². The van der Waals surface area contributed by atoms with E-state index in [9.17, 15) is 4.79 Å². The number of anilines is 1. The lowest BCUT2D eigenvalue weighted by Crippen LogP contribution is -2.10. The van der Waals surface area contributed by atoms with Crippen molar-refractivity contribution < 1.29 is 13.9 Å². The number of ketones is 1. The van der Waals surface area contributed by atoms with Gasteiger partial charge in [0, 0.05) is 31.8 Å². The van der Waals surface area contributed by atoms with Gasteiger partial charge in [0.1, 0.15) is 23.8 Å². The first-order valence-electron chi connectivity index (χ1n) is 7.27. The lowest BCUT2D eigenvalue weighted by molar-refractivity contribution is 0.101. The SMILES string of the molecule is CC(=O)c1ccc(N(C)C)cc1OCc1ncoc1C(C)C. The molecule has 1 aromatic carbocycles. The molecular formula is C17H22N2O3. The molecule has 0 saturated carbocycles. The predicted molar refractivity (Wildman–Crippen MR) is 85.7 cm³/mol. The Morgan fingerprint density at radius 3 is 2.68 bits per heavy atom. The van der Waals surface area contributed by atoms with E-state index in [0.29, 0.717) is 11.3 Å². The van der Waals surface area contributed by atoms with Gasteiger partial charge in [-0.25, -0.2) is 4.98 Å². The maximum Gasteiger partial charge on any atom is 0.181 e. The highest BCUT2D eigenvalue weighted by Crippen LogP contribution is 2.27. The molecule has 0 aliphatic heterocycles. The molecule has 0 atom stereocenters. The monoisotopic (exact) mass is 302 g/mol. The summed E-state index contributed by atoms with van der Waals surface area (Å²) in [5.74, 6) is 1.59. The summed E-state index contributed by atoms with van der Waals surface area (Å²) in [6.07, 6.45) is 1.43. The molecule has 5 heteroatoms. The highest BCUT2D eigenvalue weighted by Gasteiger charge is 2.15. The standard InChI is InChI=1S/C17H22N2O3/c1-11(2)17-15(18-10-22-17)9-21-16-8-13(19(4)5)6-7-14(16)12(3)20/h6-8,10-11H,9H2,1-5H3. The summed E-state index contributed by atoms with van der Waals surface area (Å²) >= 11 is 0. The first-order chi connectivity index (χ1) is 10.4. The number of oxazole rings is 1. The molecule has 2 aromatic rings. The minimum Gasteiger partial charge on any atom is -0.486 e. The van der Waals surface area contributed by atoms with Crippen molar-refractivity contribution in [2.45, 2.75) is 33.3 Å². The molecule has 0 bridgehead atoms. The Morgan fingerprint density at radius 1 is 1.36 bits per heavy atom. The van der Waals surface area contributed by atoms with Gasteiger partial charge in [0.2, 0.25) is 0 Å². The van der Waals surface area contributed by atoms with Gasteiger partial charge >= 0.3 is 0 Å². The van der Waals surface area contributed by atoms with Gasteiger partial charge < -0.3 is 14.1 Å². The zero-order chi connectivity index (χ0) is 16.3. The molecule has 0 radical (unpaired) electrons. The average molecular weight is 302 g/mol. The molecule has 0 saturated heterocycles. The molecule has 22 heavy (non-hydrogen) atoms. The van der Waals surface area contributed by atoms with Crippen LogP contribution >= 0.6 is 0 Å². The third-order valence-corrected chi connectivity index (χ3v) is 3.42. The summed E-state index contributed by atoms with van der Waals surface area (Å²) in [7, 11) is 3.89. The second kappa shape index (κ2) is 6.64. The molecule has 0 unspecified atom stereocenters. The minimum absolute atomic E-state index is 0.0236. The molecular weight excluding hydrogens is 280 g/mol. The Hall–Kier alpha value is -2.30. The number of aromatic nitrogens is 1. The highest BCUT2D eigenvalue weighted by atomic mass is 16.5. The van der Waals surface area contributed by atoms with E-state index in [-0.39, 0.29) is 18.3 Å². The van der Waals surface area contributed by atoms with Crippen molar-refractivity contribution in [1.29, 1.82) is 0 Å². The minimum atomic E-state index is -0.0236. The molecule has 0 aliphatic rings. The lowest BCUT2D eigenvalue weighted by Gasteiger charge is -2.16. The Bertz CT molecular complexity index is 660. The Kier molecular flexibility index (Phi) is 4.85. The van der Waals surface area contributed by atoms with Gasteiger partial charge in [-0.1, -0.05) is 13.8 Å². The fraction of sp³-hybridized carbons (Fsp3) is 0.412. The molecule has 2 rings (SSSR count). The van der Waals surface area contributed by atoms with Crippen molar-refractivity contribution in [2.24, 2.45) is 0 Å². The first kappa shape index (κ1) is 16.1. The van der Waals surface area contributed by atoms with E-state index < -0.39 is 0 Å². The number of carbonyl (C=O) groups is 1. The molecule has 0 fully saturated rings. The van der Waals surface area contributed by atoms with Crippen LogP contribution in [-0.4, -0.2) is 24.9 Å². The molecule has 5 nitrogen and oxygen atoms in total. The molecule has 0 spiro atoms. The average Bonchev–Trinajstić information content (AvgIpc) is 2.93. The molecule has 1 heterocycles. The summed E-state index contributed by atoms with van der Waals surface area (Å²) in [5.41, 5.74) is 2.31. The van der Waals surface area contributed by atoms with Crippen LogP contribution in [0.2, 0.25) is 0 Å². The number of Topliss-reactive ketones (excluding diaryl/α,β-unsaturated/α-hetero) is 1. The van der Waals surface area contributed by atoms with E-state index >= 15 is 0 Å². The first-order valence-corrected chi connectivity index (χ1v) is 7.27. The van der Waals surface area contributed by atoms with Crippen LogP contribution in [0.5, 0.6) is 5.75 Å². The highest BCUT2D eigenvalue weighted by molar-refractivity contribution is 5.97. The maximum absolute atomic E-state index is 11.8. The van der Waals surface area contributed by atoms with E-state index in [2.05, 4.69) is 4.98 Å². The zero-order valence-corrected chi connectivity index (χ0v) is 13.7. The van der Waals surface area contributed by atoms with E-state index in [1.54, 1.807) is 6.07 Å². The third-order valence-electron chi connectivity index (χ3n) is 3.42. The number of hydrogen-bond donors (Lipinski definition) is 0. The molecule has 1 aromatic heterocycles. The normalized spacial score (nSPS) is 10.8.